The maximum Gasteiger partial charge on any atom is 0.231 e. The largest absolute Gasteiger partial charge is 0.342 e. The van der Waals surface area contributed by atoms with Gasteiger partial charge in [0, 0.05) is 25.1 Å². The van der Waals surface area contributed by atoms with Gasteiger partial charge < -0.3 is 9.42 Å². The van der Waals surface area contributed by atoms with Crippen LogP contribution in [0, 0.1) is 6.92 Å². The molecule has 5 heteroatoms. The molecule has 1 aliphatic rings. The highest BCUT2D eigenvalue weighted by molar-refractivity contribution is 5.76. The third-order valence-electron chi connectivity index (χ3n) is 4.14. The Morgan fingerprint density at radius 1 is 1.45 bits per heavy atom. The van der Waals surface area contributed by atoms with E-state index in [2.05, 4.69) is 10.1 Å². The van der Waals surface area contributed by atoms with Gasteiger partial charge in [-0.05, 0) is 25.8 Å². The molecule has 1 aromatic carbocycles. The molecule has 0 bridgehead atoms. The highest BCUT2D eigenvalue weighted by Gasteiger charge is 2.28. The van der Waals surface area contributed by atoms with Crippen LogP contribution in [0.4, 0.5) is 0 Å². The van der Waals surface area contributed by atoms with Gasteiger partial charge in [-0.25, -0.2) is 0 Å². The van der Waals surface area contributed by atoms with E-state index in [1.165, 1.54) is 5.56 Å². The molecule has 0 saturated carbocycles. The third-order valence-corrected chi connectivity index (χ3v) is 4.14. The van der Waals surface area contributed by atoms with Crippen LogP contribution in [0.25, 0.3) is 11.4 Å². The molecule has 3 rings (SSSR count). The molecule has 116 valence electrons. The second kappa shape index (κ2) is 6.30. The first-order chi connectivity index (χ1) is 10.7. The Labute approximate surface area is 130 Å². The Hall–Kier alpha value is -2.17. The van der Waals surface area contributed by atoms with Crippen molar-refractivity contribution in [2.24, 2.45) is 0 Å². The van der Waals surface area contributed by atoms with E-state index in [-0.39, 0.29) is 11.8 Å². The van der Waals surface area contributed by atoms with Crippen molar-refractivity contribution in [3.05, 3.63) is 35.7 Å². The number of nitrogens with zero attached hydrogens (tertiary/aromatic N) is 3. The minimum atomic E-state index is 0.148. The number of hydrogen-bond acceptors (Lipinski definition) is 4. The molecule has 1 fully saturated rings. The number of hydrogen-bond donors (Lipinski definition) is 0. The number of piperidine rings is 1. The first-order valence-electron chi connectivity index (χ1n) is 7.85. The molecule has 0 spiro atoms. The smallest absolute Gasteiger partial charge is 0.231 e. The standard InChI is InChI=1S/C17H21N3O2/c1-3-15(21)20-9-5-8-14(11-20)17-18-16(19-22-17)13-7-4-6-12(2)10-13/h4,6-7,10,14H,3,5,8-9,11H2,1-2H3. The number of aromatic nitrogens is 2. The normalized spacial score (nSPS) is 18.5. The first-order valence-corrected chi connectivity index (χ1v) is 7.85. The molecule has 0 N–H and O–H groups in total. The summed E-state index contributed by atoms with van der Waals surface area (Å²) in [5.74, 6) is 1.61. The van der Waals surface area contributed by atoms with Crippen LogP contribution in [-0.2, 0) is 4.79 Å². The lowest BCUT2D eigenvalue weighted by atomic mass is 9.97. The average Bonchev–Trinajstić information content (AvgIpc) is 3.04. The summed E-state index contributed by atoms with van der Waals surface area (Å²) < 4.78 is 5.46. The molecule has 1 atom stereocenters. The lowest BCUT2D eigenvalue weighted by Gasteiger charge is -2.30. The van der Waals surface area contributed by atoms with E-state index < -0.39 is 0 Å². The van der Waals surface area contributed by atoms with Crippen molar-refractivity contribution in [1.29, 1.82) is 0 Å². The molecule has 0 radical (unpaired) electrons. The number of carbonyl (C=O) groups is 1. The summed E-state index contributed by atoms with van der Waals surface area (Å²) >= 11 is 0. The maximum absolute atomic E-state index is 11.9. The molecule has 1 aliphatic heterocycles. The summed E-state index contributed by atoms with van der Waals surface area (Å²) in [4.78, 5) is 18.3. The predicted molar refractivity (Wildman–Crippen MR) is 83.3 cm³/mol. The van der Waals surface area contributed by atoms with Gasteiger partial charge in [-0.15, -0.1) is 0 Å². The van der Waals surface area contributed by atoms with E-state index in [0.717, 1.165) is 24.9 Å². The van der Waals surface area contributed by atoms with Crippen molar-refractivity contribution in [3.63, 3.8) is 0 Å². The Morgan fingerprint density at radius 2 is 2.32 bits per heavy atom. The lowest BCUT2D eigenvalue weighted by molar-refractivity contribution is -0.132. The molecule has 1 unspecified atom stereocenters. The second-order valence-corrected chi connectivity index (χ2v) is 5.86. The van der Waals surface area contributed by atoms with Gasteiger partial charge in [0.15, 0.2) is 0 Å². The number of benzene rings is 1. The van der Waals surface area contributed by atoms with Gasteiger partial charge in [0.25, 0.3) is 0 Å². The van der Waals surface area contributed by atoms with Gasteiger partial charge in [-0.2, -0.15) is 4.98 Å². The zero-order chi connectivity index (χ0) is 15.5. The summed E-state index contributed by atoms with van der Waals surface area (Å²) in [5.41, 5.74) is 2.13. The Balaban J connectivity index is 1.77. The second-order valence-electron chi connectivity index (χ2n) is 5.86. The molecule has 1 amide bonds. The molecule has 0 aliphatic carbocycles. The summed E-state index contributed by atoms with van der Waals surface area (Å²) in [7, 11) is 0. The summed E-state index contributed by atoms with van der Waals surface area (Å²) in [6, 6.07) is 8.06. The van der Waals surface area contributed by atoms with Crippen molar-refractivity contribution in [2.45, 2.75) is 39.0 Å². The van der Waals surface area contributed by atoms with E-state index in [1.807, 2.05) is 43.0 Å². The first kappa shape index (κ1) is 14.8. The van der Waals surface area contributed by atoms with Crippen LogP contribution in [0.5, 0.6) is 0 Å². The average molecular weight is 299 g/mol. The van der Waals surface area contributed by atoms with Crippen LogP contribution >= 0.6 is 0 Å². The fourth-order valence-electron chi connectivity index (χ4n) is 2.93. The Bertz CT molecular complexity index is 665. The molecule has 1 saturated heterocycles. The minimum absolute atomic E-state index is 0.148. The zero-order valence-corrected chi connectivity index (χ0v) is 13.1. The van der Waals surface area contributed by atoms with Crippen LogP contribution in [-0.4, -0.2) is 34.0 Å². The summed E-state index contributed by atoms with van der Waals surface area (Å²) in [5, 5.41) is 4.10. The van der Waals surface area contributed by atoms with Crippen LogP contribution in [0.3, 0.4) is 0 Å². The highest BCUT2D eigenvalue weighted by Crippen LogP contribution is 2.28. The quantitative estimate of drug-likeness (QED) is 0.873. The lowest BCUT2D eigenvalue weighted by Crippen LogP contribution is -2.38. The van der Waals surface area contributed by atoms with Crippen molar-refractivity contribution < 1.29 is 9.32 Å². The summed E-state index contributed by atoms with van der Waals surface area (Å²) in [6.45, 7) is 5.46. The molecular formula is C17H21N3O2. The fourth-order valence-corrected chi connectivity index (χ4v) is 2.93. The summed E-state index contributed by atoms with van der Waals surface area (Å²) in [6.07, 6.45) is 2.52. The maximum atomic E-state index is 11.9. The number of carbonyl (C=O) groups excluding carboxylic acids is 1. The van der Waals surface area contributed by atoms with E-state index in [4.69, 9.17) is 4.52 Å². The Kier molecular flexibility index (Phi) is 4.22. The SMILES string of the molecule is CCC(=O)N1CCCC(c2nc(-c3cccc(C)c3)no2)C1. The van der Waals surface area contributed by atoms with Crippen LogP contribution in [0.1, 0.15) is 43.6 Å². The van der Waals surface area contributed by atoms with Crippen molar-refractivity contribution in [1.82, 2.24) is 15.0 Å². The van der Waals surface area contributed by atoms with Gasteiger partial charge in [0.2, 0.25) is 17.6 Å². The highest BCUT2D eigenvalue weighted by atomic mass is 16.5. The Morgan fingerprint density at radius 3 is 3.09 bits per heavy atom. The van der Waals surface area contributed by atoms with Crippen LogP contribution < -0.4 is 0 Å². The molecule has 1 aromatic heterocycles. The fraction of sp³-hybridized carbons (Fsp3) is 0.471. The van der Waals surface area contributed by atoms with Crippen molar-refractivity contribution >= 4 is 5.91 Å². The van der Waals surface area contributed by atoms with Crippen molar-refractivity contribution in [3.8, 4) is 11.4 Å². The molecule has 2 aromatic rings. The van der Waals surface area contributed by atoms with Crippen LogP contribution in [0.2, 0.25) is 0 Å². The minimum Gasteiger partial charge on any atom is -0.342 e. The van der Waals surface area contributed by atoms with E-state index in [9.17, 15) is 4.79 Å². The number of amides is 1. The van der Waals surface area contributed by atoms with Crippen LogP contribution in [0.15, 0.2) is 28.8 Å². The van der Waals surface area contributed by atoms with E-state index in [0.29, 0.717) is 24.7 Å². The van der Waals surface area contributed by atoms with E-state index in [1.54, 1.807) is 0 Å². The molecule has 5 nitrogen and oxygen atoms in total. The molecule has 22 heavy (non-hydrogen) atoms. The number of aryl methyl sites for hydroxylation is 1. The molecule has 2 heterocycles. The van der Waals surface area contributed by atoms with E-state index >= 15 is 0 Å². The molecular weight excluding hydrogens is 278 g/mol. The van der Waals surface area contributed by atoms with Gasteiger partial charge in [0.05, 0.1) is 5.92 Å². The third kappa shape index (κ3) is 3.03. The monoisotopic (exact) mass is 299 g/mol. The van der Waals surface area contributed by atoms with Gasteiger partial charge in [-0.1, -0.05) is 35.8 Å². The predicted octanol–water partition coefficient (Wildman–Crippen LogP) is 3.16. The topological polar surface area (TPSA) is 59.2 Å². The number of rotatable bonds is 3. The van der Waals surface area contributed by atoms with Gasteiger partial charge in [-0.3, -0.25) is 4.79 Å². The number of likely N-dealkylation sites (tertiary alicyclic amines) is 1. The van der Waals surface area contributed by atoms with Gasteiger partial charge >= 0.3 is 0 Å². The van der Waals surface area contributed by atoms with Crippen molar-refractivity contribution in [2.75, 3.05) is 13.1 Å². The zero-order valence-electron chi connectivity index (χ0n) is 13.1. The van der Waals surface area contributed by atoms with Gasteiger partial charge in [0.1, 0.15) is 0 Å².